The smallest absolute Gasteiger partial charge is 0.287 e. The fourth-order valence-electron chi connectivity index (χ4n) is 1.43. The Labute approximate surface area is 89.5 Å². The average molecular weight is 221 g/mol. The zero-order valence-electron chi connectivity index (χ0n) is 7.98. The summed E-state index contributed by atoms with van der Waals surface area (Å²) in [6, 6.07) is 5.86. The van der Waals surface area contributed by atoms with Gasteiger partial charge >= 0.3 is 0 Å². The predicted octanol–water partition coefficient (Wildman–Crippen LogP) is 0.934. The predicted molar refractivity (Wildman–Crippen MR) is 52.7 cm³/mol. The van der Waals surface area contributed by atoms with Crippen molar-refractivity contribution in [2.24, 2.45) is 0 Å². The van der Waals surface area contributed by atoms with Gasteiger partial charge in [0, 0.05) is 6.07 Å². The van der Waals surface area contributed by atoms with E-state index < -0.39 is 4.92 Å². The molecule has 1 aromatic heterocycles. The van der Waals surface area contributed by atoms with E-state index in [1.807, 2.05) is 0 Å². The van der Waals surface area contributed by atoms with E-state index >= 15 is 0 Å². The molecule has 82 valence electrons. The highest BCUT2D eigenvalue weighted by Gasteiger charge is 2.21. The number of nitro groups is 1. The Hall–Kier alpha value is -2.57. The minimum absolute atomic E-state index is 0.0716. The second kappa shape index (κ2) is 3.54. The molecule has 0 saturated heterocycles. The van der Waals surface area contributed by atoms with Crippen LogP contribution in [0, 0.1) is 15.3 Å². The molecule has 7 heteroatoms. The van der Waals surface area contributed by atoms with Crippen molar-refractivity contribution in [1.29, 1.82) is 0 Å². The summed E-state index contributed by atoms with van der Waals surface area (Å²) in [6.07, 6.45) is 1.92. The van der Waals surface area contributed by atoms with Crippen LogP contribution in [0.2, 0.25) is 0 Å². The second-order valence-electron chi connectivity index (χ2n) is 3.11. The van der Waals surface area contributed by atoms with Crippen LogP contribution in [0.25, 0.3) is 11.3 Å². The topological polar surface area (TPSA) is 95.2 Å². The molecule has 1 aromatic carbocycles. The number of nitrogens with zero attached hydrogens (tertiary/aromatic N) is 3. The number of imidazole rings is 1. The normalized spacial score (nSPS) is 10.2. The lowest BCUT2D eigenvalue weighted by Crippen LogP contribution is -2.21. The van der Waals surface area contributed by atoms with Gasteiger partial charge in [-0.25, -0.2) is 4.73 Å². The van der Waals surface area contributed by atoms with E-state index in [9.17, 15) is 20.5 Å². The molecular formula is C9H7N3O4. The lowest BCUT2D eigenvalue weighted by molar-refractivity contribution is -0.606. The summed E-state index contributed by atoms with van der Waals surface area (Å²) in [7, 11) is 0. The van der Waals surface area contributed by atoms with Gasteiger partial charge in [0.1, 0.15) is 11.8 Å². The third-order valence-corrected chi connectivity index (χ3v) is 2.10. The van der Waals surface area contributed by atoms with E-state index in [1.165, 1.54) is 18.2 Å². The van der Waals surface area contributed by atoms with Gasteiger partial charge in [0.15, 0.2) is 0 Å². The monoisotopic (exact) mass is 221 g/mol. The maximum atomic E-state index is 10.9. The second-order valence-corrected chi connectivity index (χ2v) is 3.11. The highest BCUT2D eigenvalue weighted by atomic mass is 16.6. The summed E-state index contributed by atoms with van der Waals surface area (Å²) < 4.78 is 0.918. The average Bonchev–Trinajstić information content (AvgIpc) is 2.57. The summed E-state index contributed by atoms with van der Waals surface area (Å²) >= 11 is 0. The van der Waals surface area contributed by atoms with Gasteiger partial charge in [0.05, 0.1) is 4.92 Å². The van der Waals surface area contributed by atoms with Crippen molar-refractivity contribution < 1.29 is 14.9 Å². The number of hydrogen-bond acceptors (Lipinski definition) is 4. The SMILES string of the molecule is O=[N+]([O-])c1ccccc1-c1c[n+]([O-])cn1O. The Morgan fingerprint density at radius 2 is 2.06 bits per heavy atom. The lowest BCUT2D eigenvalue weighted by atomic mass is 10.1. The molecule has 0 spiro atoms. The van der Waals surface area contributed by atoms with Crippen molar-refractivity contribution in [2.75, 3.05) is 0 Å². The molecule has 0 atom stereocenters. The largest absolute Gasteiger partial charge is 0.711 e. The van der Waals surface area contributed by atoms with Gasteiger partial charge in [-0.2, -0.15) is 0 Å². The van der Waals surface area contributed by atoms with E-state index in [-0.39, 0.29) is 16.9 Å². The third-order valence-electron chi connectivity index (χ3n) is 2.10. The van der Waals surface area contributed by atoms with Crippen molar-refractivity contribution in [2.45, 2.75) is 0 Å². The minimum atomic E-state index is -0.572. The van der Waals surface area contributed by atoms with Crippen molar-refractivity contribution in [3.63, 3.8) is 0 Å². The van der Waals surface area contributed by atoms with E-state index in [0.29, 0.717) is 9.46 Å². The highest BCUT2D eigenvalue weighted by Crippen LogP contribution is 2.27. The number of nitro benzene ring substituents is 1. The van der Waals surface area contributed by atoms with Crippen molar-refractivity contribution >= 4 is 5.69 Å². The molecule has 0 fully saturated rings. The van der Waals surface area contributed by atoms with Crippen LogP contribution >= 0.6 is 0 Å². The molecule has 0 radical (unpaired) electrons. The van der Waals surface area contributed by atoms with E-state index in [0.717, 1.165) is 12.5 Å². The van der Waals surface area contributed by atoms with Crippen LogP contribution in [0.5, 0.6) is 0 Å². The Bertz CT molecular complexity index is 549. The van der Waals surface area contributed by atoms with Gasteiger partial charge < -0.3 is 10.4 Å². The van der Waals surface area contributed by atoms with Crippen LogP contribution in [0.4, 0.5) is 5.69 Å². The van der Waals surface area contributed by atoms with Crippen molar-refractivity contribution in [3.8, 4) is 11.3 Å². The molecule has 16 heavy (non-hydrogen) atoms. The quantitative estimate of drug-likeness (QED) is 0.268. The first-order valence-electron chi connectivity index (χ1n) is 4.34. The van der Waals surface area contributed by atoms with Gasteiger partial charge in [-0.1, -0.05) is 12.1 Å². The summed E-state index contributed by atoms with van der Waals surface area (Å²) in [4.78, 5) is 10.2. The zero-order chi connectivity index (χ0) is 11.7. The van der Waals surface area contributed by atoms with Crippen LogP contribution in [-0.2, 0) is 0 Å². The third kappa shape index (κ3) is 1.54. The molecule has 2 rings (SSSR count). The summed E-state index contributed by atoms with van der Waals surface area (Å²) in [6.45, 7) is 0. The molecular weight excluding hydrogens is 214 g/mol. The fourth-order valence-corrected chi connectivity index (χ4v) is 1.43. The van der Waals surface area contributed by atoms with Crippen LogP contribution in [0.3, 0.4) is 0 Å². The Balaban J connectivity index is 2.64. The number of hydrogen-bond donors (Lipinski definition) is 1. The highest BCUT2D eigenvalue weighted by molar-refractivity contribution is 5.69. The molecule has 7 nitrogen and oxygen atoms in total. The first-order valence-corrected chi connectivity index (χ1v) is 4.34. The van der Waals surface area contributed by atoms with Crippen molar-refractivity contribution in [1.82, 2.24) is 4.73 Å². The van der Waals surface area contributed by atoms with Gasteiger partial charge in [0.2, 0.25) is 5.69 Å². The number of para-hydroxylation sites is 1. The molecule has 1 N–H and O–H groups in total. The fraction of sp³-hybridized carbons (Fsp3) is 0. The Morgan fingerprint density at radius 1 is 1.38 bits per heavy atom. The first-order chi connectivity index (χ1) is 7.59. The van der Waals surface area contributed by atoms with E-state index in [2.05, 4.69) is 0 Å². The summed E-state index contributed by atoms with van der Waals surface area (Å²) in [5.41, 5.74) is 0.0865. The lowest BCUT2D eigenvalue weighted by Gasteiger charge is -1.97. The Morgan fingerprint density at radius 3 is 2.62 bits per heavy atom. The van der Waals surface area contributed by atoms with Gasteiger partial charge in [-0.3, -0.25) is 10.1 Å². The van der Waals surface area contributed by atoms with Crippen LogP contribution in [0.15, 0.2) is 36.8 Å². The van der Waals surface area contributed by atoms with E-state index in [1.54, 1.807) is 6.07 Å². The van der Waals surface area contributed by atoms with Gasteiger partial charge in [-0.05, 0) is 10.8 Å². The van der Waals surface area contributed by atoms with Crippen LogP contribution < -0.4 is 4.73 Å². The maximum absolute atomic E-state index is 10.9. The zero-order valence-corrected chi connectivity index (χ0v) is 7.98. The Kier molecular flexibility index (Phi) is 2.20. The van der Waals surface area contributed by atoms with Crippen LogP contribution in [-0.4, -0.2) is 14.9 Å². The molecule has 0 aliphatic heterocycles. The minimum Gasteiger partial charge on any atom is -0.711 e. The molecule has 0 bridgehead atoms. The molecule has 0 aliphatic carbocycles. The molecule has 1 heterocycles. The maximum Gasteiger partial charge on any atom is 0.287 e. The summed E-state index contributed by atoms with van der Waals surface area (Å²) in [5.74, 6) is 0. The molecule has 0 unspecified atom stereocenters. The summed E-state index contributed by atoms with van der Waals surface area (Å²) in [5, 5.41) is 31.0. The number of rotatable bonds is 2. The van der Waals surface area contributed by atoms with Gasteiger partial charge in [-0.15, -0.1) is 0 Å². The molecule has 0 amide bonds. The van der Waals surface area contributed by atoms with Crippen LogP contribution in [0.1, 0.15) is 0 Å². The number of aromatic nitrogens is 2. The molecule has 0 saturated carbocycles. The first kappa shape index (κ1) is 9.97. The van der Waals surface area contributed by atoms with Gasteiger partial charge in [0.25, 0.3) is 12.0 Å². The molecule has 2 aromatic rings. The van der Waals surface area contributed by atoms with Crippen molar-refractivity contribution in [3.05, 3.63) is 52.1 Å². The van der Waals surface area contributed by atoms with E-state index in [4.69, 9.17) is 0 Å². The standard InChI is InChI=1S/C9H7N3O4/c13-10-5-9(11(14)6-10)7-3-1-2-4-8(7)12(15)16/h1-6,14H. The molecule has 0 aliphatic rings. The number of benzene rings is 1.